The van der Waals surface area contributed by atoms with Crippen molar-refractivity contribution in [2.24, 2.45) is 0 Å². The van der Waals surface area contributed by atoms with E-state index in [1.807, 2.05) is 19.0 Å². The molecule has 156 valence electrons. The molecular weight excluding hydrogens is 390 g/mol. The maximum atomic E-state index is 13.1. The van der Waals surface area contributed by atoms with Gasteiger partial charge < -0.3 is 15.5 Å². The first-order valence-electron chi connectivity index (χ1n) is 9.37. The van der Waals surface area contributed by atoms with Crippen LogP contribution in [0.4, 0.5) is 0 Å². The summed E-state index contributed by atoms with van der Waals surface area (Å²) in [7, 11) is 0.0862. The maximum Gasteiger partial charge on any atom is 0.309 e. The number of carbonyl (C=O) groups excluding carboxylic acids is 2. The number of carbonyl (C=O) groups is 2. The molecule has 0 saturated carbocycles. The maximum absolute atomic E-state index is 13.1. The Kier molecular flexibility index (Phi) is 8.35. The van der Waals surface area contributed by atoms with Crippen molar-refractivity contribution in [3.63, 3.8) is 0 Å². The zero-order valence-electron chi connectivity index (χ0n) is 16.7. The lowest BCUT2D eigenvalue weighted by molar-refractivity contribution is -0.139. The molecule has 2 rings (SSSR count). The van der Waals surface area contributed by atoms with Crippen molar-refractivity contribution in [3.05, 3.63) is 66.2 Å². The monoisotopic (exact) mass is 417 g/mol. The molecule has 0 fully saturated rings. The molecule has 2 aromatic carbocycles. The molecule has 0 aromatic heterocycles. The Morgan fingerprint density at radius 1 is 0.897 bits per heavy atom. The molecule has 0 bridgehead atoms. The van der Waals surface area contributed by atoms with Crippen LogP contribution in [0.3, 0.4) is 0 Å². The van der Waals surface area contributed by atoms with Gasteiger partial charge >= 0.3 is 11.8 Å². The SMILES string of the molecule is CN(C)CCCNC(=O)C(=O)NC[C@H](c1ccccc1)S(=O)(=O)c1ccccc1. The van der Waals surface area contributed by atoms with Gasteiger partial charge in [-0.2, -0.15) is 0 Å². The first-order valence-corrected chi connectivity index (χ1v) is 10.9. The molecule has 0 saturated heterocycles. The summed E-state index contributed by atoms with van der Waals surface area (Å²) in [5.41, 5.74) is 0.544. The second-order valence-electron chi connectivity index (χ2n) is 6.88. The van der Waals surface area contributed by atoms with Gasteiger partial charge in [0.1, 0.15) is 5.25 Å². The third kappa shape index (κ3) is 6.69. The van der Waals surface area contributed by atoms with Crippen LogP contribution in [-0.2, 0) is 19.4 Å². The van der Waals surface area contributed by atoms with E-state index >= 15 is 0 Å². The molecule has 2 N–H and O–H groups in total. The summed E-state index contributed by atoms with van der Waals surface area (Å²) >= 11 is 0. The highest BCUT2D eigenvalue weighted by molar-refractivity contribution is 7.91. The predicted octanol–water partition coefficient (Wildman–Crippen LogP) is 1.39. The number of amides is 2. The number of benzene rings is 2. The normalized spacial score (nSPS) is 12.4. The number of hydrogen-bond acceptors (Lipinski definition) is 5. The average molecular weight is 418 g/mol. The summed E-state index contributed by atoms with van der Waals surface area (Å²) in [4.78, 5) is 26.3. The van der Waals surface area contributed by atoms with E-state index in [0.29, 0.717) is 18.5 Å². The fraction of sp³-hybridized carbons (Fsp3) is 0.333. The minimum absolute atomic E-state index is 0.163. The van der Waals surface area contributed by atoms with Gasteiger partial charge in [-0.15, -0.1) is 0 Å². The molecule has 0 aliphatic heterocycles. The summed E-state index contributed by atoms with van der Waals surface area (Å²) in [5, 5.41) is 4.01. The molecule has 1 atom stereocenters. The predicted molar refractivity (Wildman–Crippen MR) is 112 cm³/mol. The van der Waals surface area contributed by atoms with Crippen LogP contribution in [-0.4, -0.2) is 58.9 Å². The van der Waals surface area contributed by atoms with Gasteiger partial charge in [0.05, 0.1) is 4.90 Å². The van der Waals surface area contributed by atoms with Gasteiger partial charge in [0.15, 0.2) is 9.84 Å². The minimum Gasteiger partial charge on any atom is -0.348 e. The second kappa shape index (κ2) is 10.7. The largest absolute Gasteiger partial charge is 0.348 e. The number of hydrogen-bond donors (Lipinski definition) is 2. The molecule has 2 amide bonds. The number of nitrogens with one attached hydrogen (secondary N) is 2. The third-order valence-corrected chi connectivity index (χ3v) is 6.46. The highest BCUT2D eigenvalue weighted by Gasteiger charge is 2.30. The van der Waals surface area contributed by atoms with Crippen LogP contribution >= 0.6 is 0 Å². The highest BCUT2D eigenvalue weighted by Crippen LogP contribution is 2.28. The van der Waals surface area contributed by atoms with Gasteiger partial charge in [-0.05, 0) is 44.8 Å². The Hall–Kier alpha value is -2.71. The van der Waals surface area contributed by atoms with E-state index in [-0.39, 0.29) is 11.4 Å². The Balaban J connectivity index is 2.08. The zero-order chi connectivity index (χ0) is 21.3. The molecule has 0 spiro atoms. The molecule has 0 aliphatic rings. The van der Waals surface area contributed by atoms with Gasteiger partial charge in [0, 0.05) is 13.1 Å². The van der Waals surface area contributed by atoms with Crippen LogP contribution in [0.1, 0.15) is 17.2 Å². The van der Waals surface area contributed by atoms with Crippen LogP contribution < -0.4 is 10.6 Å². The zero-order valence-corrected chi connectivity index (χ0v) is 17.5. The fourth-order valence-electron chi connectivity index (χ4n) is 2.79. The van der Waals surface area contributed by atoms with Crippen molar-refractivity contribution < 1.29 is 18.0 Å². The van der Waals surface area contributed by atoms with Crippen molar-refractivity contribution in [1.82, 2.24) is 15.5 Å². The van der Waals surface area contributed by atoms with Gasteiger partial charge in [0.25, 0.3) is 0 Å². The molecular formula is C21H27N3O4S. The first kappa shape index (κ1) is 22.6. The van der Waals surface area contributed by atoms with E-state index < -0.39 is 26.9 Å². The van der Waals surface area contributed by atoms with Crippen LogP contribution in [0.15, 0.2) is 65.6 Å². The van der Waals surface area contributed by atoms with Crippen molar-refractivity contribution in [2.45, 2.75) is 16.6 Å². The van der Waals surface area contributed by atoms with Crippen molar-refractivity contribution >= 4 is 21.7 Å². The summed E-state index contributed by atoms with van der Waals surface area (Å²) in [6.07, 6.45) is 0.709. The number of rotatable bonds is 9. The van der Waals surface area contributed by atoms with E-state index in [1.165, 1.54) is 12.1 Å². The second-order valence-corrected chi connectivity index (χ2v) is 9.01. The van der Waals surface area contributed by atoms with Gasteiger partial charge in [0.2, 0.25) is 0 Å². The Labute approximate surface area is 172 Å². The quantitative estimate of drug-likeness (QED) is 0.475. The molecule has 7 nitrogen and oxygen atoms in total. The van der Waals surface area contributed by atoms with Crippen molar-refractivity contribution in [2.75, 3.05) is 33.7 Å². The molecule has 0 unspecified atom stereocenters. The molecule has 29 heavy (non-hydrogen) atoms. The van der Waals surface area contributed by atoms with E-state index in [1.54, 1.807) is 48.5 Å². The molecule has 0 heterocycles. The Bertz CT molecular complexity index is 900. The average Bonchev–Trinajstić information content (AvgIpc) is 2.72. The summed E-state index contributed by atoms with van der Waals surface area (Å²) in [5.74, 6) is -1.62. The highest BCUT2D eigenvalue weighted by atomic mass is 32.2. The van der Waals surface area contributed by atoms with Crippen molar-refractivity contribution in [3.8, 4) is 0 Å². The lowest BCUT2D eigenvalue weighted by Crippen LogP contribution is -2.42. The van der Waals surface area contributed by atoms with Crippen LogP contribution in [0.2, 0.25) is 0 Å². The number of nitrogens with zero attached hydrogens (tertiary/aromatic N) is 1. The first-order chi connectivity index (χ1) is 13.8. The van der Waals surface area contributed by atoms with E-state index in [9.17, 15) is 18.0 Å². The smallest absolute Gasteiger partial charge is 0.309 e. The van der Waals surface area contributed by atoms with E-state index in [0.717, 1.165) is 6.54 Å². The van der Waals surface area contributed by atoms with E-state index in [2.05, 4.69) is 10.6 Å². The lowest BCUT2D eigenvalue weighted by Gasteiger charge is -2.19. The molecule has 0 radical (unpaired) electrons. The van der Waals surface area contributed by atoms with Gasteiger partial charge in [-0.25, -0.2) is 8.42 Å². The molecule has 0 aliphatic carbocycles. The molecule has 2 aromatic rings. The van der Waals surface area contributed by atoms with Gasteiger partial charge in [-0.1, -0.05) is 48.5 Å². The standard InChI is InChI=1S/C21H27N3O4S/c1-24(2)15-9-14-22-20(25)21(26)23-16-19(17-10-5-3-6-11-17)29(27,28)18-12-7-4-8-13-18/h3-8,10-13,19H,9,14-16H2,1-2H3,(H,22,25)(H,23,26)/t19-/m1/s1. The molecule has 8 heteroatoms. The van der Waals surface area contributed by atoms with Crippen LogP contribution in [0.25, 0.3) is 0 Å². The fourth-order valence-corrected chi connectivity index (χ4v) is 4.48. The third-order valence-electron chi connectivity index (χ3n) is 4.34. The van der Waals surface area contributed by atoms with Crippen LogP contribution in [0, 0.1) is 0 Å². The summed E-state index contributed by atoms with van der Waals surface area (Å²) < 4.78 is 26.3. The lowest BCUT2D eigenvalue weighted by atomic mass is 10.1. The van der Waals surface area contributed by atoms with Crippen LogP contribution in [0.5, 0.6) is 0 Å². The Morgan fingerprint density at radius 2 is 1.45 bits per heavy atom. The Morgan fingerprint density at radius 3 is 2.03 bits per heavy atom. The van der Waals surface area contributed by atoms with Crippen molar-refractivity contribution in [1.29, 1.82) is 0 Å². The minimum atomic E-state index is -3.76. The topological polar surface area (TPSA) is 95.6 Å². The summed E-state index contributed by atoms with van der Waals surface area (Å²) in [6, 6.07) is 16.7. The number of sulfone groups is 1. The van der Waals surface area contributed by atoms with E-state index in [4.69, 9.17) is 0 Å². The summed E-state index contributed by atoms with van der Waals surface area (Å²) in [6.45, 7) is 0.952. The van der Waals surface area contributed by atoms with Gasteiger partial charge in [-0.3, -0.25) is 9.59 Å².